The number of hydrogen-bond acceptors (Lipinski definition) is 2. The first-order valence-corrected chi connectivity index (χ1v) is 5.95. The molecule has 1 aromatic heterocycles. The highest BCUT2D eigenvalue weighted by atomic mass is 35.5. The predicted octanol–water partition coefficient (Wildman–Crippen LogP) is 3.48. The molecule has 0 amide bonds. The molecule has 5 heteroatoms. The van der Waals surface area contributed by atoms with E-state index < -0.39 is 5.97 Å². The first kappa shape index (κ1) is 12.6. The van der Waals surface area contributed by atoms with Crippen LogP contribution in [0, 0.1) is 0 Å². The monoisotopic (exact) mass is 264 g/mol. The number of aromatic nitrogens is 2. The standard InChI is InChI=1S/C13H13ClN2O2/c1-8(2)16-12(7-11(15-16)13(17)18)9-3-5-10(14)6-4-9/h3-8H,1-2H3,(H,17,18). The van der Waals surface area contributed by atoms with E-state index in [-0.39, 0.29) is 11.7 Å². The van der Waals surface area contributed by atoms with Gasteiger partial charge in [0.1, 0.15) is 0 Å². The van der Waals surface area contributed by atoms with Crippen molar-refractivity contribution in [1.29, 1.82) is 0 Å². The van der Waals surface area contributed by atoms with E-state index in [1.54, 1.807) is 22.9 Å². The van der Waals surface area contributed by atoms with Crippen molar-refractivity contribution in [3.8, 4) is 11.3 Å². The van der Waals surface area contributed by atoms with E-state index in [9.17, 15) is 4.79 Å². The third-order valence-corrected chi connectivity index (χ3v) is 2.84. The van der Waals surface area contributed by atoms with Gasteiger partial charge in [0.05, 0.1) is 5.69 Å². The summed E-state index contributed by atoms with van der Waals surface area (Å²) in [6.07, 6.45) is 0. The summed E-state index contributed by atoms with van der Waals surface area (Å²) in [5, 5.41) is 13.7. The Kier molecular flexibility index (Phi) is 3.39. The maximum Gasteiger partial charge on any atom is 0.356 e. The minimum atomic E-state index is -1.02. The molecule has 94 valence electrons. The highest BCUT2D eigenvalue weighted by Crippen LogP contribution is 2.25. The van der Waals surface area contributed by atoms with Crippen molar-refractivity contribution in [2.24, 2.45) is 0 Å². The smallest absolute Gasteiger partial charge is 0.356 e. The lowest BCUT2D eigenvalue weighted by molar-refractivity contribution is 0.0689. The Bertz CT molecular complexity index is 573. The lowest BCUT2D eigenvalue weighted by Crippen LogP contribution is -2.06. The molecule has 0 saturated carbocycles. The van der Waals surface area contributed by atoms with Gasteiger partial charge in [0.2, 0.25) is 0 Å². The fourth-order valence-electron chi connectivity index (χ4n) is 1.73. The van der Waals surface area contributed by atoms with Gasteiger partial charge in [-0.1, -0.05) is 23.7 Å². The molecule has 0 spiro atoms. The van der Waals surface area contributed by atoms with E-state index in [1.807, 2.05) is 26.0 Å². The van der Waals surface area contributed by atoms with Crippen molar-refractivity contribution in [1.82, 2.24) is 9.78 Å². The van der Waals surface area contributed by atoms with Gasteiger partial charge in [-0.2, -0.15) is 5.10 Å². The summed E-state index contributed by atoms with van der Waals surface area (Å²) in [6.45, 7) is 3.91. The molecule has 1 aromatic carbocycles. The van der Waals surface area contributed by atoms with Crippen molar-refractivity contribution < 1.29 is 9.90 Å². The summed E-state index contributed by atoms with van der Waals surface area (Å²) in [6, 6.07) is 8.91. The summed E-state index contributed by atoms with van der Waals surface area (Å²) in [7, 11) is 0. The van der Waals surface area contributed by atoms with Crippen LogP contribution in [0.15, 0.2) is 30.3 Å². The molecular weight excluding hydrogens is 252 g/mol. The second kappa shape index (κ2) is 4.82. The fourth-order valence-corrected chi connectivity index (χ4v) is 1.85. The summed E-state index contributed by atoms with van der Waals surface area (Å²) in [5.41, 5.74) is 1.72. The molecule has 0 saturated heterocycles. The third-order valence-electron chi connectivity index (χ3n) is 2.58. The van der Waals surface area contributed by atoms with Crippen LogP contribution in [-0.2, 0) is 0 Å². The summed E-state index contributed by atoms with van der Waals surface area (Å²) in [5.74, 6) is -1.02. The van der Waals surface area contributed by atoms with Crippen LogP contribution in [0.25, 0.3) is 11.3 Å². The van der Waals surface area contributed by atoms with Gasteiger partial charge < -0.3 is 5.11 Å². The molecule has 1 N–H and O–H groups in total. The van der Waals surface area contributed by atoms with Gasteiger partial charge in [-0.05, 0) is 37.6 Å². The average Bonchev–Trinajstić information content (AvgIpc) is 2.75. The van der Waals surface area contributed by atoms with Crippen molar-refractivity contribution in [2.75, 3.05) is 0 Å². The van der Waals surface area contributed by atoms with E-state index in [4.69, 9.17) is 16.7 Å². The molecule has 0 aliphatic rings. The predicted molar refractivity (Wildman–Crippen MR) is 70.0 cm³/mol. The molecule has 18 heavy (non-hydrogen) atoms. The normalized spacial score (nSPS) is 10.9. The average molecular weight is 265 g/mol. The van der Waals surface area contributed by atoms with Crippen molar-refractivity contribution in [3.05, 3.63) is 41.0 Å². The van der Waals surface area contributed by atoms with Crippen LogP contribution in [0.4, 0.5) is 0 Å². The number of halogens is 1. The van der Waals surface area contributed by atoms with E-state index in [2.05, 4.69) is 5.10 Å². The van der Waals surface area contributed by atoms with Gasteiger partial charge in [0, 0.05) is 11.1 Å². The van der Waals surface area contributed by atoms with Gasteiger partial charge in [-0.3, -0.25) is 4.68 Å². The SMILES string of the molecule is CC(C)n1nc(C(=O)O)cc1-c1ccc(Cl)cc1. The second-order valence-corrected chi connectivity index (χ2v) is 4.70. The quantitative estimate of drug-likeness (QED) is 0.923. The van der Waals surface area contributed by atoms with Crippen LogP contribution >= 0.6 is 11.6 Å². The number of nitrogens with zero attached hydrogens (tertiary/aromatic N) is 2. The molecule has 0 fully saturated rings. The van der Waals surface area contributed by atoms with Gasteiger partial charge in [0.25, 0.3) is 0 Å². The first-order valence-electron chi connectivity index (χ1n) is 5.58. The Morgan fingerprint density at radius 1 is 1.33 bits per heavy atom. The van der Waals surface area contributed by atoms with E-state index in [0.717, 1.165) is 11.3 Å². The molecule has 1 heterocycles. The summed E-state index contributed by atoms with van der Waals surface area (Å²) < 4.78 is 1.70. The van der Waals surface area contributed by atoms with Crippen LogP contribution in [0.5, 0.6) is 0 Å². The summed E-state index contributed by atoms with van der Waals surface area (Å²) in [4.78, 5) is 11.0. The first-order chi connectivity index (χ1) is 8.49. The highest BCUT2D eigenvalue weighted by molar-refractivity contribution is 6.30. The van der Waals surface area contributed by atoms with E-state index >= 15 is 0 Å². The molecule has 0 unspecified atom stereocenters. The third kappa shape index (κ3) is 2.38. The Morgan fingerprint density at radius 3 is 2.44 bits per heavy atom. The Hall–Kier alpha value is -1.81. The zero-order chi connectivity index (χ0) is 13.3. The number of rotatable bonds is 3. The number of benzene rings is 1. The minimum Gasteiger partial charge on any atom is -0.476 e. The molecular formula is C13H13ClN2O2. The molecule has 2 rings (SSSR count). The Morgan fingerprint density at radius 2 is 1.94 bits per heavy atom. The zero-order valence-electron chi connectivity index (χ0n) is 10.1. The van der Waals surface area contributed by atoms with Crippen LogP contribution < -0.4 is 0 Å². The minimum absolute atomic E-state index is 0.0497. The van der Waals surface area contributed by atoms with E-state index in [1.165, 1.54) is 0 Å². The lowest BCUT2D eigenvalue weighted by Gasteiger charge is -2.10. The number of aromatic carboxylic acids is 1. The largest absolute Gasteiger partial charge is 0.476 e. The zero-order valence-corrected chi connectivity index (χ0v) is 10.8. The van der Waals surface area contributed by atoms with Crippen LogP contribution in [-0.4, -0.2) is 20.9 Å². The fraction of sp³-hybridized carbons (Fsp3) is 0.231. The Balaban J connectivity index is 2.54. The van der Waals surface area contributed by atoms with Gasteiger partial charge in [-0.15, -0.1) is 0 Å². The van der Waals surface area contributed by atoms with Gasteiger partial charge in [0.15, 0.2) is 5.69 Å². The number of hydrogen-bond donors (Lipinski definition) is 1. The number of carbonyl (C=O) groups is 1. The van der Waals surface area contributed by atoms with Crippen LogP contribution in [0.3, 0.4) is 0 Å². The lowest BCUT2D eigenvalue weighted by atomic mass is 10.1. The maximum absolute atomic E-state index is 11.0. The number of carboxylic acid groups (broad SMARTS) is 1. The summed E-state index contributed by atoms with van der Waals surface area (Å²) >= 11 is 5.84. The molecule has 2 aromatic rings. The van der Waals surface area contributed by atoms with Crippen molar-refractivity contribution >= 4 is 17.6 Å². The van der Waals surface area contributed by atoms with Gasteiger partial charge >= 0.3 is 5.97 Å². The molecule has 4 nitrogen and oxygen atoms in total. The second-order valence-electron chi connectivity index (χ2n) is 4.27. The highest BCUT2D eigenvalue weighted by Gasteiger charge is 2.16. The van der Waals surface area contributed by atoms with E-state index in [0.29, 0.717) is 5.02 Å². The Labute approximate surface area is 110 Å². The van der Waals surface area contributed by atoms with Crippen molar-refractivity contribution in [2.45, 2.75) is 19.9 Å². The topological polar surface area (TPSA) is 55.1 Å². The van der Waals surface area contributed by atoms with Crippen LogP contribution in [0.1, 0.15) is 30.4 Å². The molecule has 0 aliphatic heterocycles. The maximum atomic E-state index is 11.0. The molecule has 0 radical (unpaired) electrons. The van der Waals surface area contributed by atoms with Gasteiger partial charge in [-0.25, -0.2) is 4.79 Å². The molecule has 0 atom stereocenters. The van der Waals surface area contributed by atoms with Crippen LogP contribution in [0.2, 0.25) is 5.02 Å². The molecule has 0 aliphatic carbocycles. The number of carboxylic acids is 1. The van der Waals surface area contributed by atoms with Crippen molar-refractivity contribution in [3.63, 3.8) is 0 Å². The molecule has 0 bridgehead atoms.